The fourth-order valence-corrected chi connectivity index (χ4v) is 2.99. The summed E-state index contributed by atoms with van der Waals surface area (Å²) in [4.78, 5) is 11.2. The van der Waals surface area contributed by atoms with Gasteiger partial charge in [0.1, 0.15) is 15.6 Å². The van der Waals surface area contributed by atoms with Crippen LogP contribution >= 0.6 is 0 Å². The van der Waals surface area contributed by atoms with E-state index in [9.17, 15) is 13.2 Å². The molecule has 1 aliphatic rings. The fraction of sp³-hybridized carbons (Fsp3) is 0.875. The maximum Gasteiger partial charge on any atom is 0.150 e. The van der Waals surface area contributed by atoms with E-state index >= 15 is 0 Å². The van der Waals surface area contributed by atoms with Crippen LogP contribution < -0.4 is 0 Å². The molecule has 0 spiro atoms. The van der Waals surface area contributed by atoms with Crippen LogP contribution in [0.15, 0.2) is 0 Å². The molecule has 0 bridgehead atoms. The second kappa shape index (κ2) is 3.56. The van der Waals surface area contributed by atoms with Crippen LogP contribution in [0.1, 0.15) is 26.2 Å². The van der Waals surface area contributed by atoms with Crippen molar-refractivity contribution in [3.05, 3.63) is 0 Å². The summed E-state index contributed by atoms with van der Waals surface area (Å²) in [6.45, 7) is 1.82. The number of carbonyl (C=O) groups is 1. The Morgan fingerprint density at radius 3 is 2.25 bits per heavy atom. The van der Waals surface area contributed by atoms with Crippen molar-refractivity contribution in [2.45, 2.75) is 26.2 Å². The second-order valence-corrected chi connectivity index (χ2v) is 5.55. The molecule has 3 nitrogen and oxygen atoms in total. The topological polar surface area (TPSA) is 51.2 Å². The predicted molar refractivity (Wildman–Crippen MR) is 46.7 cm³/mol. The predicted octanol–water partition coefficient (Wildman–Crippen LogP) is 0.790. The highest BCUT2D eigenvalue weighted by Crippen LogP contribution is 2.20. The zero-order valence-corrected chi connectivity index (χ0v) is 8.06. The van der Waals surface area contributed by atoms with Crippen LogP contribution in [0.2, 0.25) is 0 Å². The fourth-order valence-electron chi connectivity index (χ4n) is 1.50. The number of hydrogen-bond acceptors (Lipinski definition) is 3. The number of hydrogen-bond donors (Lipinski definition) is 0. The highest BCUT2D eigenvalue weighted by molar-refractivity contribution is 7.91. The van der Waals surface area contributed by atoms with Gasteiger partial charge < -0.3 is 0 Å². The lowest BCUT2D eigenvalue weighted by atomic mass is 9.96. The van der Waals surface area contributed by atoms with E-state index in [1.54, 1.807) is 0 Å². The minimum atomic E-state index is -2.81. The van der Waals surface area contributed by atoms with Crippen LogP contribution in [0, 0.1) is 5.92 Å². The number of rotatable bonds is 2. The van der Waals surface area contributed by atoms with Gasteiger partial charge in [0, 0.05) is 12.3 Å². The number of carbonyl (C=O) groups excluding carboxylic acids is 1. The summed E-state index contributed by atoms with van der Waals surface area (Å²) in [5, 5.41) is 0. The Hall–Kier alpha value is -0.380. The van der Waals surface area contributed by atoms with E-state index < -0.39 is 9.84 Å². The third kappa shape index (κ3) is 2.30. The first-order chi connectivity index (χ1) is 5.55. The van der Waals surface area contributed by atoms with Gasteiger partial charge in [-0.15, -0.1) is 0 Å². The molecule has 0 aromatic carbocycles. The monoisotopic (exact) mass is 190 g/mol. The Labute approximate surface area is 73.1 Å². The van der Waals surface area contributed by atoms with Gasteiger partial charge in [-0.3, -0.25) is 4.79 Å². The van der Waals surface area contributed by atoms with Crippen molar-refractivity contribution in [3.8, 4) is 0 Å². The van der Waals surface area contributed by atoms with E-state index in [2.05, 4.69) is 0 Å². The van der Waals surface area contributed by atoms with E-state index in [1.165, 1.54) is 0 Å². The molecule has 0 saturated carbocycles. The molecular weight excluding hydrogens is 176 g/mol. The minimum absolute atomic E-state index is 0.0125. The molecule has 4 heteroatoms. The summed E-state index contributed by atoms with van der Waals surface area (Å²) in [6, 6.07) is 0. The maximum atomic E-state index is 11.2. The average molecular weight is 190 g/mol. The normalized spacial score (nSPS) is 23.8. The maximum absolute atomic E-state index is 11.2. The van der Waals surface area contributed by atoms with Crippen LogP contribution in [-0.2, 0) is 14.6 Å². The van der Waals surface area contributed by atoms with Gasteiger partial charge in [-0.25, -0.2) is 8.42 Å². The summed E-state index contributed by atoms with van der Waals surface area (Å²) in [7, 11) is -2.81. The first-order valence-corrected chi connectivity index (χ1v) is 6.10. The van der Waals surface area contributed by atoms with Gasteiger partial charge in [-0.2, -0.15) is 0 Å². The lowest BCUT2D eigenvalue weighted by molar-refractivity contribution is -0.122. The van der Waals surface area contributed by atoms with Crippen molar-refractivity contribution in [1.82, 2.24) is 0 Å². The number of ketones is 1. The summed E-state index contributed by atoms with van der Waals surface area (Å²) < 4.78 is 22.0. The van der Waals surface area contributed by atoms with Gasteiger partial charge in [0.05, 0.1) is 11.5 Å². The zero-order valence-electron chi connectivity index (χ0n) is 7.25. The quantitative estimate of drug-likeness (QED) is 0.647. The van der Waals surface area contributed by atoms with Crippen LogP contribution in [-0.4, -0.2) is 25.7 Å². The van der Waals surface area contributed by atoms with Crippen molar-refractivity contribution >= 4 is 15.6 Å². The lowest BCUT2D eigenvalue weighted by Crippen LogP contribution is -2.27. The van der Waals surface area contributed by atoms with Gasteiger partial charge in [0.2, 0.25) is 0 Å². The Morgan fingerprint density at radius 2 is 1.83 bits per heavy atom. The Bertz CT molecular complexity index is 252. The molecule has 0 amide bonds. The molecule has 1 rings (SSSR count). The van der Waals surface area contributed by atoms with E-state index in [4.69, 9.17) is 0 Å². The molecule has 0 aromatic rings. The molecule has 0 aliphatic carbocycles. The van der Waals surface area contributed by atoms with Gasteiger partial charge in [-0.05, 0) is 12.8 Å². The largest absolute Gasteiger partial charge is 0.299 e. The van der Waals surface area contributed by atoms with Crippen molar-refractivity contribution in [1.29, 1.82) is 0 Å². The molecule has 1 saturated heterocycles. The van der Waals surface area contributed by atoms with E-state index in [1.807, 2.05) is 6.92 Å². The lowest BCUT2D eigenvalue weighted by Gasteiger charge is -2.19. The first-order valence-electron chi connectivity index (χ1n) is 4.28. The Balaban J connectivity index is 2.52. The van der Waals surface area contributed by atoms with E-state index in [0.717, 1.165) is 0 Å². The van der Waals surface area contributed by atoms with E-state index in [0.29, 0.717) is 19.3 Å². The highest BCUT2D eigenvalue weighted by Gasteiger charge is 2.26. The highest BCUT2D eigenvalue weighted by atomic mass is 32.2. The molecule has 1 heterocycles. The van der Waals surface area contributed by atoms with E-state index in [-0.39, 0.29) is 23.2 Å². The van der Waals surface area contributed by atoms with Crippen molar-refractivity contribution < 1.29 is 13.2 Å². The summed E-state index contributed by atoms with van der Waals surface area (Å²) in [5.74, 6) is 0.621. The van der Waals surface area contributed by atoms with Crippen molar-refractivity contribution in [2.75, 3.05) is 11.5 Å². The number of sulfone groups is 1. The average Bonchev–Trinajstić information content (AvgIpc) is 2.03. The van der Waals surface area contributed by atoms with Crippen molar-refractivity contribution in [3.63, 3.8) is 0 Å². The molecule has 0 aromatic heterocycles. The standard InChI is InChI=1S/C8H14O3S/c1-2-8(9)7-3-5-12(10,11)6-4-7/h7H,2-6H2,1H3. The van der Waals surface area contributed by atoms with Crippen LogP contribution in [0.25, 0.3) is 0 Å². The van der Waals surface area contributed by atoms with Crippen molar-refractivity contribution in [2.24, 2.45) is 5.92 Å². The summed E-state index contributed by atoms with van der Waals surface area (Å²) >= 11 is 0. The molecule has 12 heavy (non-hydrogen) atoms. The summed E-state index contributed by atoms with van der Waals surface area (Å²) in [6.07, 6.45) is 1.61. The SMILES string of the molecule is CCC(=O)C1CCS(=O)(=O)CC1. The number of Topliss-reactive ketones (excluding diaryl/α,β-unsaturated/α-hetero) is 1. The molecule has 0 radical (unpaired) electrons. The third-order valence-electron chi connectivity index (χ3n) is 2.36. The van der Waals surface area contributed by atoms with Crippen LogP contribution in [0.4, 0.5) is 0 Å². The molecule has 70 valence electrons. The van der Waals surface area contributed by atoms with Gasteiger partial charge in [-0.1, -0.05) is 6.92 Å². The van der Waals surface area contributed by atoms with Gasteiger partial charge in [0.25, 0.3) is 0 Å². The van der Waals surface area contributed by atoms with Gasteiger partial charge in [0.15, 0.2) is 0 Å². The molecular formula is C8H14O3S. The first kappa shape index (κ1) is 9.71. The Morgan fingerprint density at radius 1 is 1.33 bits per heavy atom. The third-order valence-corrected chi connectivity index (χ3v) is 4.07. The van der Waals surface area contributed by atoms with Crippen LogP contribution in [0.3, 0.4) is 0 Å². The minimum Gasteiger partial charge on any atom is -0.299 e. The van der Waals surface area contributed by atoms with Crippen LogP contribution in [0.5, 0.6) is 0 Å². The smallest absolute Gasteiger partial charge is 0.150 e. The molecule has 0 unspecified atom stereocenters. The zero-order chi connectivity index (χ0) is 9.19. The van der Waals surface area contributed by atoms with Gasteiger partial charge >= 0.3 is 0 Å². The molecule has 0 N–H and O–H groups in total. The summed E-state index contributed by atoms with van der Waals surface area (Å²) in [5.41, 5.74) is 0. The molecule has 1 fully saturated rings. The second-order valence-electron chi connectivity index (χ2n) is 3.25. The Kier molecular flexibility index (Phi) is 2.88. The molecule has 0 atom stereocenters. The molecule has 1 aliphatic heterocycles.